The maximum Gasteiger partial charge on any atom is 0.126 e. The fraction of sp³-hybridized carbons (Fsp3) is 0.520. The lowest BCUT2D eigenvalue weighted by Crippen LogP contribution is -2.51. The van der Waals surface area contributed by atoms with Crippen LogP contribution in [0.15, 0.2) is 52.7 Å². The number of aliphatic hydroxyl groups is 1. The molecule has 0 amide bonds. The second-order valence-electron chi connectivity index (χ2n) is 8.92. The number of benzene rings is 1. The zero-order valence-corrected chi connectivity index (χ0v) is 18.7. The quantitative estimate of drug-likeness (QED) is 0.699. The van der Waals surface area contributed by atoms with Crippen molar-refractivity contribution in [3.63, 3.8) is 0 Å². The highest BCUT2D eigenvalue weighted by molar-refractivity contribution is 6.31. The van der Waals surface area contributed by atoms with Gasteiger partial charge in [0.15, 0.2) is 0 Å². The molecule has 1 N–H and O–H groups in total. The van der Waals surface area contributed by atoms with E-state index < -0.39 is 5.60 Å². The van der Waals surface area contributed by atoms with Gasteiger partial charge in [0.1, 0.15) is 5.76 Å². The minimum atomic E-state index is -0.933. The first kappa shape index (κ1) is 21.6. The number of halogens is 1. The standard InChI is InChI=1S/C25H33ClN2O2/c1-27-12-14-28(15-13-27)19-22-9-4-3-8-21(17-23-10-6-16-30-23)25(22,29)18-20-7-2-5-11-24(20)26/h2,5-7,10-11,16-17,22,29H,3-4,8-9,12-15,18-19H2,1H3/b21-17-. The van der Waals surface area contributed by atoms with Gasteiger partial charge in [0.2, 0.25) is 0 Å². The van der Waals surface area contributed by atoms with Crippen LogP contribution < -0.4 is 0 Å². The molecule has 2 atom stereocenters. The zero-order chi connectivity index (χ0) is 21.0. The summed E-state index contributed by atoms with van der Waals surface area (Å²) in [6.07, 6.45) is 8.45. The molecular formula is C25H33ClN2O2. The Morgan fingerprint density at radius 3 is 2.67 bits per heavy atom. The minimum Gasteiger partial charge on any atom is -0.465 e. The van der Waals surface area contributed by atoms with E-state index in [-0.39, 0.29) is 5.92 Å². The Morgan fingerprint density at radius 1 is 1.13 bits per heavy atom. The molecule has 1 saturated heterocycles. The van der Waals surface area contributed by atoms with E-state index in [9.17, 15) is 5.11 Å². The normalized spacial score (nSPS) is 28.0. The van der Waals surface area contributed by atoms with Crippen LogP contribution in [0.5, 0.6) is 0 Å². The first-order valence-electron chi connectivity index (χ1n) is 11.2. The Bertz CT molecular complexity index is 843. The predicted octanol–water partition coefficient (Wildman–Crippen LogP) is 4.73. The number of nitrogens with zero attached hydrogens (tertiary/aromatic N) is 2. The third-order valence-electron chi connectivity index (χ3n) is 6.83. The lowest BCUT2D eigenvalue weighted by atomic mass is 9.75. The summed E-state index contributed by atoms with van der Waals surface area (Å²) in [4.78, 5) is 4.90. The summed E-state index contributed by atoms with van der Waals surface area (Å²) in [5.74, 6) is 0.976. The SMILES string of the molecule is CN1CCN(CC2CCCC/C(=C/c3ccco3)C2(O)Cc2ccccc2Cl)CC1. The summed E-state index contributed by atoms with van der Waals surface area (Å²) in [7, 11) is 2.18. The Balaban J connectivity index is 1.67. The van der Waals surface area contributed by atoms with Gasteiger partial charge in [0.05, 0.1) is 11.9 Å². The van der Waals surface area contributed by atoms with Crippen LogP contribution in [0.1, 0.15) is 37.0 Å². The lowest BCUT2D eigenvalue weighted by Gasteiger charge is -2.42. The topological polar surface area (TPSA) is 39.9 Å². The number of hydrogen-bond acceptors (Lipinski definition) is 4. The van der Waals surface area contributed by atoms with E-state index in [1.165, 1.54) is 0 Å². The van der Waals surface area contributed by atoms with Gasteiger partial charge < -0.3 is 19.3 Å². The average molecular weight is 429 g/mol. The maximum atomic E-state index is 12.3. The molecule has 4 rings (SSSR count). The molecule has 2 heterocycles. The van der Waals surface area contributed by atoms with E-state index in [0.717, 1.165) is 80.3 Å². The fourth-order valence-corrected chi connectivity index (χ4v) is 5.14. The van der Waals surface area contributed by atoms with Gasteiger partial charge in [-0.25, -0.2) is 0 Å². The van der Waals surface area contributed by atoms with Crippen molar-refractivity contribution in [1.29, 1.82) is 0 Å². The van der Waals surface area contributed by atoms with Crippen molar-refractivity contribution in [2.45, 2.75) is 37.7 Å². The van der Waals surface area contributed by atoms with E-state index in [4.69, 9.17) is 16.0 Å². The van der Waals surface area contributed by atoms with Crippen molar-refractivity contribution in [3.8, 4) is 0 Å². The van der Waals surface area contributed by atoms with Crippen molar-refractivity contribution < 1.29 is 9.52 Å². The van der Waals surface area contributed by atoms with Crippen molar-refractivity contribution in [2.75, 3.05) is 39.8 Å². The molecule has 2 fully saturated rings. The van der Waals surface area contributed by atoms with Crippen LogP contribution in [0.2, 0.25) is 5.02 Å². The molecule has 1 aromatic carbocycles. The number of furan rings is 1. The second-order valence-corrected chi connectivity index (χ2v) is 9.33. The fourth-order valence-electron chi connectivity index (χ4n) is 4.94. The molecule has 1 saturated carbocycles. The van der Waals surface area contributed by atoms with Gasteiger partial charge in [-0.1, -0.05) is 36.2 Å². The Hall–Kier alpha value is -1.59. The Kier molecular flexibility index (Phi) is 6.99. The van der Waals surface area contributed by atoms with Crippen LogP contribution >= 0.6 is 11.6 Å². The number of hydrogen-bond donors (Lipinski definition) is 1. The van der Waals surface area contributed by atoms with Crippen molar-refractivity contribution in [1.82, 2.24) is 9.80 Å². The number of rotatable bonds is 5. The van der Waals surface area contributed by atoms with E-state index in [2.05, 4.69) is 22.9 Å². The number of likely N-dealkylation sites (N-methyl/N-ethyl adjacent to an activating group) is 1. The molecule has 0 bridgehead atoms. The Labute approximate surface area is 185 Å². The molecule has 162 valence electrons. The van der Waals surface area contributed by atoms with Crippen LogP contribution in [0.25, 0.3) is 6.08 Å². The molecule has 4 nitrogen and oxygen atoms in total. The van der Waals surface area contributed by atoms with Gasteiger partial charge in [-0.05, 0) is 61.7 Å². The second kappa shape index (κ2) is 9.69. The van der Waals surface area contributed by atoms with E-state index >= 15 is 0 Å². The first-order chi connectivity index (χ1) is 14.5. The van der Waals surface area contributed by atoms with Crippen LogP contribution in [-0.2, 0) is 6.42 Å². The van der Waals surface area contributed by atoms with Gasteiger partial charge in [-0.3, -0.25) is 0 Å². The Morgan fingerprint density at radius 2 is 1.93 bits per heavy atom. The zero-order valence-electron chi connectivity index (χ0n) is 17.9. The lowest BCUT2D eigenvalue weighted by molar-refractivity contribution is -0.00647. The molecule has 1 aliphatic heterocycles. The van der Waals surface area contributed by atoms with Gasteiger partial charge in [0.25, 0.3) is 0 Å². The van der Waals surface area contributed by atoms with Gasteiger partial charge in [-0.15, -0.1) is 0 Å². The highest BCUT2D eigenvalue weighted by Gasteiger charge is 2.42. The molecular weight excluding hydrogens is 396 g/mol. The minimum absolute atomic E-state index is 0.167. The predicted molar refractivity (Wildman–Crippen MR) is 123 cm³/mol. The average Bonchev–Trinajstić information content (AvgIpc) is 3.20. The van der Waals surface area contributed by atoms with Crippen LogP contribution in [0.4, 0.5) is 0 Å². The van der Waals surface area contributed by atoms with E-state index in [1.54, 1.807) is 6.26 Å². The van der Waals surface area contributed by atoms with Crippen LogP contribution in [-0.4, -0.2) is 60.3 Å². The van der Waals surface area contributed by atoms with Gasteiger partial charge in [0, 0.05) is 50.1 Å². The molecule has 30 heavy (non-hydrogen) atoms. The monoisotopic (exact) mass is 428 g/mol. The smallest absolute Gasteiger partial charge is 0.126 e. The summed E-state index contributed by atoms with van der Waals surface area (Å²) < 4.78 is 5.61. The molecule has 2 aromatic rings. The van der Waals surface area contributed by atoms with E-state index in [1.807, 2.05) is 36.4 Å². The van der Waals surface area contributed by atoms with Crippen LogP contribution in [0, 0.1) is 5.92 Å². The van der Waals surface area contributed by atoms with Crippen molar-refractivity contribution in [2.24, 2.45) is 5.92 Å². The van der Waals surface area contributed by atoms with Gasteiger partial charge in [-0.2, -0.15) is 0 Å². The molecule has 0 spiro atoms. The molecule has 1 aromatic heterocycles. The first-order valence-corrected chi connectivity index (χ1v) is 11.5. The van der Waals surface area contributed by atoms with Crippen molar-refractivity contribution in [3.05, 3.63) is 64.6 Å². The summed E-state index contributed by atoms with van der Waals surface area (Å²) in [5.41, 5.74) is 1.16. The highest BCUT2D eigenvalue weighted by atomic mass is 35.5. The number of piperazine rings is 1. The highest BCUT2D eigenvalue weighted by Crippen LogP contribution is 2.41. The van der Waals surface area contributed by atoms with Crippen molar-refractivity contribution >= 4 is 17.7 Å². The maximum absolute atomic E-state index is 12.3. The molecule has 2 aliphatic rings. The molecule has 5 heteroatoms. The third kappa shape index (κ3) is 5.00. The third-order valence-corrected chi connectivity index (χ3v) is 7.20. The van der Waals surface area contributed by atoms with Gasteiger partial charge >= 0.3 is 0 Å². The summed E-state index contributed by atoms with van der Waals surface area (Å²) in [6, 6.07) is 11.8. The summed E-state index contributed by atoms with van der Waals surface area (Å²) in [6.45, 7) is 5.22. The van der Waals surface area contributed by atoms with E-state index in [0.29, 0.717) is 6.42 Å². The molecule has 1 aliphatic carbocycles. The summed E-state index contributed by atoms with van der Waals surface area (Å²) in [5, 5.41) is 13.1. The largest absolute Gasteiger partial charge is 0.465 e. The molecule has 0 radical (unpaired) electrons. The van der Waals surface area contributed by atoms with Crippen LogP contribution in [0.3, 0.4) is 0 Å². The molecule has 2 unspecified atom stereocenters. The summed E-state index contributed by atoms with van der Waals surface area (Å²) >= 11 is 6.53.